The molecule has 1 aromatic heterocycles. The standard InChI is InChI=1S/C6H6N2OS/c9-6(8-10)5-2-1-3-7-4-5/h1-4,10H,(H,8,9). The van der Waals surface area contributed by atoms with E-state index in [2.05, 4.69) is 22.5 Å². The Morgan fingerprint density at radius 1 is 1.70 bits per heavy atom. The topological polar surface area (TPSA) is 42.0 Å². The van der Waals surface area contributed by atoms with Gasteiger partial charge in [-0.1, -0.05) is 12.8 Å². The Labute approximate surface area is 64.0 Å². The van der Waals surface area contributed by atoms with E-state index in [1.165, 1.54) is 6.20 Å². The molecule has 4 heteroatoms. The molecular formula is C6H6N2OS. The molecule has 10 heavy (non-hydrogen) atoms. The second-order valence-corrected chi connectivity index (χ2v) is 1.91. The number of rotatable bonds is 1. The molecule has 1 aromatic rings. The highest BCUT2D eigenvalue weighted by Gasteiger charge is 1.99. The minimum absolute atomic E-state index is 0.239. The van der Waals surface area contributed by atoms with Crippen LogP contribution in [0.5, 0.6) is 0 Å². The second-order valence-electron chi connectivity index (χ2n) is 1.68. The van der Waals surface area contributed by atoms with Crippen molar-refractivity contribution in [3.05, 3.63) is 30.1 Å². The van der Waals surface area contributed by atoms with Gasteiger partial charge in [0.1, 0.15) is 0 Å². The smallest absolute Gasteiger partial charge is 0.262 e. The largest absolute Gasteiger partial charge is 0.299 e. The van der Waals surface area contributed by atoms with Crippen LogP contribution in [0.4, 0.5) is 0 Å². The Hall–Kier alpha value is -1.03. The van der Waals surface area contributed by atoms with Crippen molar-refractivity contribution in [1.29, 1.82) is 0 Å². The number of nitrogens with zero attached hydrogens (tertiary/aromatic N) is 1. The van der Waals surface area contributed by atoms with Crippen LogP contribution in [-0.4, -0.2) is 10.9 Å². The number of hydrogen-bond donors (Lipinski definition) is 2. The summed E-state index contributed by atoms with van der Waals surface area (Å²) in [6.07, 6.45) is 3.08. The summed E-state index contributed by atoms with van der Waals surface area (Å²) in [5.41, 5.74) is 0.512. The third-order valence-electron chi connectivity index (χ3n) is 1.03. The average Bonchev–Trinajstić information content (AvgIpc) is 2.05. The fraction of sp³-hybridized carbons (Fsp3) is 0. The lowest BCUT2D eigenvalue weighted by Gasteiger charge is -1.94. The summed E-state index contributed by atoms with van der Waals surface area (Å²) in [6, 6.07) is 3.36. The predicted molar refractivity (Wildman–Crippen MR) is 40.7 cm³/mol. The number of pyridine rings is 1. The first-order chi connectivity index (χ1) is 4.84. The first-order valence-corrected chi connectivity index (χ1v) is 3.14. The summed E-state index contributed by atoms with van der Waals surface area (Å²) in [7, 11) is 0. The van der Waals surface area contributed by atoms with Gasteiger partial charge in [0.05, 0.1) is 5.56 Å². The third kappa shape index (κ3) is 1.48. The number of carbonyl (C=O) groups is 1. The van der Waals surface area contributed by atoms with Gasteiger partial charge >= 0.3 is 0 Å². The van der Waals surface area contributed by atoms with Crippen molar-refractivity contribution >= 4 is 18.7 Å². The maximum atomic E-state index is 10.8. The van der Waals surface area contributed by atoms with E-state index >= 15 is 0 Å². The van der Waals surface area contributed by atoms with Gasteiger partial charge in [0.15, 0.2) is 0 Å². The van der Waals surface area contributed by atoms with Crippen LogP contribution in [0.3, 0.4) is 0 Å². The van der Waals surface area contributed by atoms with Crippen molar-refractivity contribution in [2.24, 2.45) is 0 Å². The van der Waals surface area contributed by atoms with E-state index in [1.54, 1.807) is 18.3 Å². The fourth-order valence-electron chi connectivity index (χ4n) is 0.562. The molecule has 3 nitrogen and oxygen atoms in total. The predicted octanol–water partition coefficient (Wildman–Crippen LogP) is 0.656. The van der Waals surface area contributed by atoms with Gasteiger partial charge in [-0.2, -0.15) is 0 Å². The Bertz CT molecular complexity index is 224. The van der Waals surface area contributed by atoms with Crippen LogP contribution in [0.15, 0.2) is 24.5 Å². The summed E-state index contributed by atoms with van der Waals surface area (Å²) in [4.78, 5) is 14.5. The van der Waals surface area contributed by atoms with Gasteiger partial charge in [-0.15, -0.1) is 0 Å². The average molecular weight is 154 g/mol. The lowest BCUT2D eigenvalue weighted by Crippen LogP contribution is -2.12. The number of hydrogen-bond acceptors (Lipinski definition) is 3. The molecule has 0 aromatic carbocycles. The van der Waals surface area contributed by atoms with Crippen LogP contribution in [0.2, 0.25) is 0 Å². The van der Waals surface area contributed by atoms with Gasteiger partial charge in [-0.05, 0) is 12.1 Å². The van der Waals surface area contributed by atoms with Crippen LogP contribution in [0, 0.1) is 0 Å². The Morgan fingerprint density at radius 2 is 2.50 bits per heavy atom. The maximum absolute atomic E-state index is 10.8. The van der Waals surface area contributed by atoms with Gasteiger partial charge in [-0.25, -0.2) is 0 Å². The van der Waals surface area contributed by atoms with Gasteiger partial charge in [0.2, 0.25) is 0 Å². The molecule has 1 rings (SSSR count). The van der Waals surface area contributed by atoms with Crippen molar-refractivity contribution in [3.63, 3.8) is 0 Å². The first kappa shape index (κ1) is 7.08. The van der Waals surface area contributed by atoms with E-state index in [9.17, 15) is 4.79 Å². The number of aromatic nitrogens is 1. The summed E-state index contributed by atoms with van der Waals surface area (Å²) < 4.78 is 2.20. The van der Waals surface area contributed by atoms with Crippen molar-refractivity contribution in [3.8, 4) is 0 Å². The Kier molecular flexibility index (Phi) is 2.28. The minimum atomic E-state index is -0.239. The van der Waals surface area contributed by atoms with Crippen LogP contribution in [-0.2, 0) is 0 Å². The molecule has 0 unspecified atom stereocenters. The first-order valence-electron chi connectivity index (χ1n) is 2.69. The molecule has 0 fully saturated rings. The zero-order valence-corrected chi connectivity index (χ0v) is 6.01. The third-order valence-corrected chi connectivity index (χ3v) is 1.23. The molecule has 0 aliphatic heterocycles. The van der Waals surface area contributed by atoms with Crippen molar-refractivity contribution < 1.29 is 4.79 Å². The van der Waals surface area contributed by atoms with Crippen molar-refractivity contribution in [2.75, 3.05) is 0 Å². The Balaban J connectivity index is 2.85. The molecule has 0 atom stereocenters. The van der Waals surface area contributed by atoms with Gasteiger partial charge in [0, 0.05) is 12.4 Å². The summed E-state index contributed by atoms with van der Waals surface area (Å²) in [5, 5.41) is 0. The number of amides is 1. The molecule has 52 valence electrons. The van der Waals surface area contributed by atoms with E-state index in [0.717, 1.165) is 0 Å². The van der Waals surface area contributed by atoms with Crippen LogP contribution in [0.1, 0.15) is 10.4 Å². The fourth-order valence-corrected chi connectivity index (χ4v) is 0.691. The molecule has 0 spiro atoms. The second kappa shape index (κ2) is 3.22. The molecule has 1 heterocycles. The van der Waals surface area contributed by atoms with E-state index < -0.39 is 0 Å². The molecule has 0 radical (unpaired) electrons. The summed E-state index contributed by atoms with van der Waals surface area (Å²) >= 11 is 3.60. The van der Waals surface area contributed by atoms with E-state index in [0.29, 0.717) is 5.56 Å². The lowest BCUT2D eigenvalue weighted by atomic mass is 10.3. The molecule has 0 saturated carbocycles. The highest BCUT2D eigenvalue weighted by Crippen LogP contribution is 1.94. The van der Waals surface area contributed by atoms with Crippen LogP contribution < -0.4 is 4.72 Å². The quantitative estimate of drug-likeness (QED) is 0.583. The maximum Gasteiger partial charge on any atom is 0.262 e. The molecule has 1 N–H and O–H groups in total. The normalized spacial score (nSPS) is 8.90. The monoisotopic (exact) mass is 154 g/mol. The highest BCUT2D eigenvalue weighted by atomic mass is 32.1. The van der Waals surface area contributed by atoms with Gasteiger partial charge in [-0.3, -0.25) is 14.5 Å². The van der Waals surface area contributed by atoms with E-state index in [1.807, 2.05) is 0 Å². The molecule has 0 aliphatic carbocycles. The number of carbonyl (C=O) groups excluding carboxylic acids is 1. The number of thiol groups is 1. The zero-order valence-electron chi connectivity index (χ0n) is 5.11. The van der Waals surface area contributed by atoms with E-state index in [-0.39, 0.29) is 5.91 Å². The van der Waals surface area contributed by atoms with Gasteiger partial charge < -0.3 is 0 Å². The zero-order chi connectivity index (χ0) is 7.40. The van der Waals surface area contributed by atoms with Crippen LogP contribution >= 0.6 is 12.8 Å². The lowest BCUT2D eigenvalue weighted by molar-refractivity contribution is 0.0984. The Morgan fingerprint density at radius 3 is 3.00 bits per heavy atom. The van der Waals surface area contributed by atoms with E-state index in [4.69, 9.17) is 0 Å². The molecule has 0 bridgehead atoms. The van der Waals surface area contributed by atoms with Crippen molar-refractivity contribution in [2.45, 2.75) is 0 Å². The van der Waals surface area contributed by atoms with Crippen molar-refractivity contribution in [1.82, 2.24) is 9.71 Å². The van der Waals surface area contributed by atoms with Crippen LogP contribution in [0.25, 0.3) is 0 Å². The summed E-state index contributed by atoms with van der Waals surface area (Å²) in [5.74, 6) is -0.239. The molecule has 1 amide bonds. The number of nitrogens with one attached hydrogen (secondary N) is 1. The SMILES string of the molecule is O=C(NS)c1cccnc1. The minimum Gasteiger partial charge on any atom is -0.299 e. The highest BCUT2D eigenvalue weighted by molar-refractivity contribution is 7.78. The summed E-state index contributed by atoms with van der Waals surface area (Å²) in [6.45, 7) is 0. The molecule has 0 saturated heterocycles. The molecular weight excluding hydrogens is 148 g/mol. The van der Waals surface area contributed by atoms with Gasteiger partial charge in [0.25, 0.3) is 5.91 Å². The molecule has 0 aliphatic rings.